The predicted octanol–water partition coefficient (Wildman–Crippen LogP) is 4.28. The van der Waals surface area contributed by atoms with Crippen LogP contribution >= 0.6 is 0 Å². The molecule has 1 aliphatic rings. The molecule has 0 fully saturated rings. The molecular formula is C22H22O6. The Morgan fingerprint density at radius 1 is 1.07 bits per heavy atom. The fourth-order valence-corrected chi connectivity index (χ4v) is 2.80. The fraction of sp³-hybridized carbons (Fsp3) is 0.273. The Hall–Kier alpha value is -3.28. The summed E-state index contributed by atoms with van der Waals surface area (Å²) in [5, 5.41) is 0. The first-order chi connectivity index (χ1) is 13.6. The van der Waals surface area contributed by atoms with Crippen molar-refractivity contribution in [2.75, 3.05) is 20.3 Å². The molecule has 2 aromatic carbocycles. The molecule has 0 N–H and O–H groups in total. The second-order valence-electron chi connectivity index (χ2n) is 6.13. The van der Waals surface area contributed by atoms with Crippen LogP contribution in [0.1, 0.15) is 46.5 Å². The molecule has 1 heterocycles. The van der Waals surface area contributed by atoms with E-state index in [4.69, 9.17) is 18.9 Å². The van der Waals surface area contributed by atoms with E-state index in [2.05, 4.69) is 0 Å². The summed E-state index contributed by atoms with van der Waals surface area (Å²) in [5.41, 5.74) is 1.38. The third kappa shape index (κ3) is 4.01. The molecule has 6 heteroatoms. The number of esters is 1. The molecule has 0 aliphatic carbocycles. The first kappa shape index (κ1) is 19.5. The third-order valence-corrected chi connectivity index (χ3v) is 4.12. The molecule has 0 unspecified atom stereocenters. The van der Waals surface area contributed by atoms with Gasteiger partial charge in [0.1, 0.15) is 5.75 Å². The van der Waals surface area contributed by atoms with Crippen molar-refractivity contribution in [2.45, 2.75) is 20.3 Å². The number of benzene rings is 2. The average Bonchev–Trinajstić information content (AvgIpc) is 3.02. The number of carbonyl (C=O) groups excluding carboxylic acids is 2. The lowest BCUT2D eigenvalue weighted by Gasteiger charge is -2.12. The normalized spacial score (nSPS) is 13.8. The van der Waals surface area contributed by atoms with Crippen molar-refractivity contribution in [1.82, 2.24) is 0 Å². The van der Waals surface area contributed by atoms with Gasteiger partial charge in [0.15, 0.2) is 17.3 Å². The van der Waals surface area contributed by atoms with Crippen LogP contribution < -0.4 is 14.2 Å². The van der Waals surface area contributed by atoms with Gasteiger partial charge in [-0.15, -0.1) is 0 Å². The zero-order chi connectivity index (χ0) is 20.1. The van der Waals surface area contributed by atoms with Crippen molar-refractivity contribution in [3.05, 3.63) is 58.8 Å². The van der Waals surface area contributed by atoms with Crippen LogP contribution in [0.15, 0.2) is 42.2 Å². The molecule has 0 atom stereocenters. The van der Waals surface area contributed by atoms with Crippen LogP contribution in [0.4, 0.5) is 0 Å². The van der Waals surface area contributed by atoms with Gasteiger partial charge in [-0.05, 0) is 55.3 Å². The van der Waals surface area contributed by atoms with Crippen molar-refractivity contribution in [3.63, 3.8) is 0 Å². The van der Waals surface area contributed by atoms with E-state index in [1.807, 2.05) is 26.0 Å². The molecule has 1 aliphatic heterocycles. The van der Waals surface area contributed by atoms with Crippen LogP contribution in [-0.2, 0) is 4.74 Å². The van der Waals surface area contributed by atoms with E-state index in [1.165, 1.54) is 13.2 Å². The Labute approximate surface area is 163 Å². The minimum Gasteiger partial charge on any atom is -0.490 e. The molecule has 0 bridgehead atoms. The Bertz CT molecular complexity index is 929. The lowest BCUT2D eigenvalue weighted by molar-refractivity contribution is 0.0600. The third-order valence-electron chi connectivity index (χ3n) is 4.12. The number of hydrogen-bond donors (Lipinski definition) is 0. The standard InChI is InChI=1S/C22H22O6/c1-4-10-27-18-8-6-14(11-19(18)26-5-2)12-20-21(23)16-13-15(22(24)25-3)7-9-17(16)28-20/h6-9,11-13H,4-5,10H2,1-3H3/b20-12+. The highest BCUT2D eigenvalue weighted by Gasteiger charge is 2.28. The quantitative estimate of drug-likeness (QED) is 0.526. The molecule has 3 rings (SSSR count). The van der Waals surface area contributed by atoms with Gasteiger partial charge >= 0.3 is 5.97 Å². The fourth-order valence-electron chi connectivity index (χ4n) is 2.80. The van der Waals surface area contributed by atoms with Crippen LogP contribution in [0.5, 0.6) is 17.2 Å². The summed E-state index contributed by atoms with van der Waals surface area (Å²) in [6.07, 6.45) is 2.54. The number of fused-ring (bicyclic) bond motifs is 1. The molecule has 0 aromatic heterocycles. The Balaban J connectivity index is 1.88. The van der Waals surface area contributed by atoms with E-state index in [1.54, 1.807) is 24.3 Å². The van der Waals surface area contributed by atoms with E-state index in [0.29, 0.717) is 41.6 Å². The van der Waals surface area contributed by atoms with Crippen LogP contribution in [0.25, 0.3) is 6.08 Å². The summed E-state index contributed by atoms with van der Waals surface area (Å²) in [6, 6.07) is 10.1. The van der Waals surface area contributed by atoms with Crippen LogP contribution in [0.3, 0.4) is 0 Å². The molecular weight excluding hydrogens is 360 g/mol. The van der Waals surface area contributed by atoms with E-state index >= 15 is 0 Å². The van der Waals surface area contributed by atoms with E-state index in [-0.39, 0.29) is 11.5 Å². The zero-order valence-electron chi connectivity index (χ0n) is 16.1. The van der Waals surface area contributed by atoms with Crippen molar-refractivity contribution in [1.29, 1.82) is 0 Å². The second kappa shape index (κ2) is 8.61. The monoisotopic (exact) mass is 382 g/mol. The SMILES string of the molecule is CCCOc1ccc(/C=C2/Oc3ccc(C(=O)OC)cc3C2=O)cc1OCC. The van der Waals surface area contributed by atoms with E-state index in [0.717, 1.165) is 12.0 Å². The van der Waals surface area contributed by atoms with Gasteiger partial charge in [-0.25, -0.2) is 4.79 Å². The summed E-state index contributed by atoms with van der Waals surface area (Å²) >= 11 is 0. The highest BCUT2D eigenvalue weighted by molar-refractivity contribution is 6.15. The molecule has 0 amide bonds. The molecule has 146 valence electrons. The lowest BCUT2D eigenvalue weighted by Crippen LogP contribution is -2.03. The number of ether oxygens (including phenoxy) is 4. The highest BCUT2D eigenvalue weighted by Crippen LogP contribution is 2.34. The maximum absolute atomic E-state index is 12.7. The van der Waals surface area contributed by atoms with Gasteiger partial charge in [-0.1, -0.05) is 13.0 Å². The number of Topliss-reactive ketones (excluding diaryl/α,β-unsaturated/α-hetero) is 1. The Kier molecular flexibility index (Phi) is 5.99. The molecule has 2 aromatic rings. The van der Waals surface area contributed by atoms with Gasteiger partial charge in [0, 0.05) is 0 Å². The smallest absolute Gasteiger partial charge is 0.337 e. The Morgan fingerprint density at radius 3 is 2.61 bits per heavy atom. The van der Waals surface area contributed by atoms with E-state index < -0.39 is 5.97 Å². The number of hydrogen-bond acceptors (Lipinski definition) is 6. The number of carbonyl (C=O) groups is 2. The predicted molar refractivity (Wildman–Crippen MR) is 104 cm³/mol. The Morgan fingerprint density at radius 2 is 1.89 bits per heavy atom. The summed E-state index contributed by atoms with van der Waals surface area (Å²) < 4.78 is 21.7. The summed E-state index contributed by atoms with van der Waals surface area (Å²) in [5.74, 6) is 1.08. The highest BCUT2D eigenvalue weighted by atomic mass is 16.5. The largest absolute Gasteiger partial charge is 0.490 e. The summed E-state index contributed by atoms with van der Waals surface area (Å²) in [4.78, 5) is 24.4. The summed E-state index contributed by atoms with van der Waals surface area (Å²) in [6.45, 7) is 5.03. The molecule has 0 spiro atoms. The molecule has 0 saturated carbocycles. The minimum absolute atomic E-state index is 0.182. The van der Waals surface area contributed by atoms with Crippen molar-refractivity contribution in [2.24, 2.45) is 0 Å². The van der Waals surface area contributed by atoms with E-state index in [9.17, 15) is 9.59 Å². The van der Waals surface area contributed by atoms with Gasteiger partial charge in [0.25, 0.3) is 0 Å². The lowest BCUT2D eigenvalue weighted by atomic mass is 10.1. The second-order valence-corrected chi connectivity index (χ2v) is 6.13. The number of allylic oxidation sites excluding steroid dienone is 1. The first-order valence-electron chi connectivity index (χ1n) is 9.13. The van der Waals surface area contributed by atoms with Gasteiger partial charge < -0.3 is 18.9 Å². The molecule has 6 nitrogen and oxygen atoms in total. The number of ketones is 1. The van der Waals surface area contributed by atoms with Crippen molar-refractivity contribution < 1.29 is 28.5 Å². The molecule has 28 heavy (non-hydrogen) atoms. The van der Waals surface area contributed by atoms with Gasteiger partial charge in [0.2, 0.25) is 5.78 Å². The first-order valence-corrected chi connectivity index (χ1v) is 9.13. The zero-order valence-corrected chi connectivity index (χ0v) is 16.1. The minimum atomic E-state index is -0.503. The van der Waals surface area contributed by atoms with Crippen molar-refractivity contribution in [3.8, 4) is 17.2 Å². The van der Waals surface area contributed by atoms with Gasteiger partial charge in [-0.2, -0.15) is 0 Å². The topological polar surface area (TPSA) is 71.1 Å². The summed E-state index contributed by atoms with van der Waals surface area (Å²) in [7, 11) is 1.29. The van der Waals surface area contributed by atoms with Crippen molar-refractivity contribution >= 4 is 17.8 Å². The van der Waals surface area contributed by atoms with Gasteiger partial charge in [0.05, 0.1) is 31.5 Å². The maximum atomic E-state index is 12.7. The molecule has 0 saturated heterocycles. The number of methoxy groups -OCH3 is 1. The average molecular weight is 382 g/mol. The maximum Gasteiger partial charge on any atom is 0.337 e. The van der Waals surface area contributed by atoms with Crippen LogP contribution in [0, 0.1) is 0 Å². The van der Waals surface area contributed by atoms with Crippen LogP contribution in [-0.4, -0.2) is 32.1 Å². The van der Waals surface area contributed by atoms with Crippen LogP contribution in [0.2, 0.25) is 0 Å². The number of rotatable bonds is 7. The molecule has 0 radical (unpaired) electrons. The van der Waals surface area contributed by atoms with Gasteiger partial charge in [-0.3, -0.25) is 4.79 Å².